The first-order chi connectivity index (χ1) is 12.5. The quantitative estimate of drug-likeness (QED) is 0.544. The van der Waals surface area contributed by atoms with Crippen LogP contribution < -0.4 is 10.1 Å². The first-order valence-corrected chi connectivity index (χ1v) is 9.03. The molecule has 4 nitrogen and oxygen atoms in total. The third-order valence-electron chi connectivity index (χ3n) is 4.34. The van der Waals surface area contributed by atoms with E-state index in [4.69, 9.17) is 4.74 Å². The molecule has 0 aliphatic heterocycles. The highest BCUT2D eigenvalue weighted by Gasteiger charge is 2.09. The maximum Gasteiger partial charge on any atom is 0.220 e. The highest BCUT2D eigenvalue weighted by atomic mass is 16.5. The second kappa shape index (κ2) is 9.76. The molecular weight excluding hydrogens is 326 g/mol. The van der Waals surface area contributed by atoms with Gasteiger partial charge in [-0.15, -0.1) is 0 Å². The standard InChI is InChI=1S/C22H27NO3/c1-16-14-17(2)18(3)21(15-16)26-13-7-12-23-22(25)11-10-20(24)19-8-5-4-6-9-19/h4-6,8-9,14-15H,7,10-13H2,1-3H3,(H,23,25). The first kappa shape index (κ1) is 19.7. The van der Waals surface area contributed by atoms with Crippen molar-refractivity contribution >= 4 is 11.7 Å². The van der Waals surface area contributed by atoms with Gasteiger partial charge in [-0.3, -0.25) is 9.59 Å². The summed E-state index contributed by atoms with van der Waals surface area (Å²) in [6.45, 7) is 7.27. The number of Topliss-reactive ketones (excluding diaryl/α,β-unsaturated/α-hetero) is 1. The molecule has 0 aliphatic rings. The topological polar surface area (TPSA) is 55.4 Å². The lowest BCUT2D eigenvalue weighted by Crippen LogP contribution is -2.26. The van der Waals surface area contributed by atoms with E-state index in [1.54, 1.807) is 12.1 Å². The van der Waals surface area contributed by atoms with Crippen LogP contribution >= 0.6 is 0 Å². The van der Waals surface area contributed by atoms with Gasteiger partial charge in [0, 0.05) is 24.9 Å². The molecule has 4 heteroatoms. The second-order valence-electron chi connectivity index (χ2n) is 6.55. The van der Waals surface area contributed by atoms with Gasteiger partial charge >= 0.3 is 0 Å². The summed E-state index contributed by atoms with van der Waals surface area (Å²) in [5.74, 6) is 0.800. The van der Waals surface area contributed by atoms with E-state index in [0.717, 1.165) is 17.7 Å². The average Bonchev–Trinajstić information content (AvgIpc) is 2.63. The Morgan fingerprint density at radius 1 is 1.00 bits per heavy atom. The van der Waals surface area contributed by atoms with Gasteiger partial charge in [0.2, 0.25) is 5.91 Å². The molecule has 0 aromatic heterocycles. The number of carbonyl (C=O) groups is 2. The second-order valence-corrected chi connectivity index (χ2v) is 6.55. The van der Waals surface area contributed by atoms with Gasteiger partial charge in [0.15, 0.2) is 5.78 Å². The van der Waals surface area contributed by atoms with Gasteiger partial charge in [0.05, 0.1) is 6.61 Å². The fraction of sp³-hybridized carbons (Fsp3) is 0.364. The Morgan fingerprint density at radius 2 is 1.73 bits per heavy atom. The van der Waals surface area contributed by atoms with E-state index in [2.05, 4.69) is 32.2 Å². The Labute approximate surface area is 155 Å². The molecule has 2 aromatic carbocycles. The van der Waals surface area contributed by atoms with Crippen LogP contribution in [-0.4, -0.2) is 24.8 Å². The van der Waals surface area contributed by atoms with E-state index >= 15 is 0 Å². The summed E-state index contributed by atoms with van der Waals surface area (Å²) < 4.78 is 5.83. The van der Waals surface area contributed by atoms with Crippen molar-refractivity contribution in [2.75, 3.05) is 13.2 Å². The van der Waals surface area contributed by atoms with Gasteiger partial charge in [-0.25, -0.2) is 0 Å². The van der Waals surface area contributed by atoms with Crippen LogP contribution in [0.4, 0.5) is 0 Å². The number of amides is 1. The zero-order valence-electron chi connectivity index (χ0n) is 15.8. The fourth-order valence-corrected chi connectivity index (χ4v) is 2.72. The Bertz CT molecular complexity index is 753. The van der Waals surface area contributed by atoms with Gasteiger partial charge < -0.3 is 10.1 Å². The molecule has 0 aliphatic carbocycles. The monoisotopic (exact) mass is 353 g/mol. The van der Waals surface area contributed by atoms with Gasteiger partial charge in [-0.05, 0) is 49.9 Å². The molecule has 0 bridgehead atoms. The molecule has 138 valence electrons. The molecule has 0 saturated heterocycles. The lowest BCUT2D eigenvalue weighted by atomic mass is 10.1. The van der Waals surface area contributed by atoms with Crippen LogP contribution in [-0.2, 0) is 4.79 Å². The molecule has 0 radical (unpaired) electrons. The van der Waals surface area contributed by atoms with Crippen molar-refractivity contribution in [3.63, 3.8) is 0 Å². The molecule has 1 amide bonds. The van der Waals surface area contributed by atoms with E-state index in [9.17, 15) is 9.59 Å². The predicted molar refractivity (Wildman–Crippen MR) is 104 cm³/mol. The third kappa shape index (κ3) is 6.03. The highest BCUT2D eigenvalue weighted by Crippen LogP contribution is 2.23. The van der Waals surface area contributed by atoms with E-state index in [-0.39, 0.29) is 24.5 Å². The summed E-state index contributed by atoms with van der Waals surface area (Å²) in [4.78, 5) is 23.8. The minimum atomic E-state index is -0.100. The molecule has 0 fully saturated rings. The summed E-state index contributed by atoms with van der Waals surface area (Å²) in [7, 11) is 0. The largest absolute Gasteiger partial charge is 0.493 e. The summed E-state index contributed by atoms with van der Waals surface area (Å²) in [5, 5.41) is 2.84. The van der Waals surface area contributed by atoms with Crippen LogP contribution in [0.15, 0.2) is 42.5 Å². The zero-order chi connectivity index (χ0) is 18.9. The average molecular weight is 353 g/mol. The van der Waals surface area contributed by atoms with E-state index in [0.29, 0.717) is 18.7 Å². The normalized spacial score (nSPS) is 10.4. The SMILES string of the molecule is Cc1cc(C)c(C)c(OCCCNC(=O)CCC(=O)c2ccccc2)c1. The Hall–Kier alpha value is -2.62. The number of ketones is 1. The number of benzene rings is 2. The summed E-state index contributed by atoms with van der Waals surface area (Å²) in [6.07, 6.45) is 1.17. The molecule has 0 heterocycles. The first-order valence-electron chi connectivity index (χ1n) is 9.03. The highest BCUT2D eigenvalue weighted by molar-refractivity contribution is 5.97. The number of hydrogen-bond donors (Lipinski definition) is 1. The van der Waals surface area contributed by atoms with Gasteiger partial charge in [0.1, 0.15) is 5.75 Å². The van der Waals surface area contributed by atoms with Crippen molar-refractivity contribution in [3.8, 4) is 5.75 Å². The van der Waals surface area contributed by atoms with Crippen LogP contribution in [0, 0.1) is 20.8 Å². The minimum Gasteiger partial charge on any atom is -0.493 e. The van der Waals surface area contributed by atoms with E-state index in [1.165, 1.54) is 11.1 Å². The lowest BCUT2D eigenvalue weighted by Gasteiger charge is -2.12. The van der Waals surface area contributed by atoms with Crippen molar-refractivity contribution in [2.45, 2.75) is 40.0 Å². The molecule has 2 aromatic rings. The fourth-order valence-electron chi connectivity index (χ4n) is 2.72. The maximum absolute atomic E-state index is 12.0. The number of hydrogen-bond acceptors (Lipinski definition) is 3. The van der Waals surface area contributed by atoms with E-state index < -0.39 is 0 Å². The lowest BCUT2D eigenvalue weighted by molar-refractivity contribution is -0.121. The zero-order valence-corrected chi connectivity index (χ0v) is 15.8. The number of nitrogens with one attached hydrogen (secondary N) is 1. The summed E-state index contributed by atoms with van der Waals surface area (Å²) >= 11 is 0. The van der Waals surface area contributed by atoms with Gasteiger partial charge in [-0.2, -0.15) is 0 Å². The van der Waals surface area contributed by atoms with Crippen LogP contribution in [0.3, 0.4) is 0 Å². The van der Waals surface area contributed by atoms with Crippen LogP contribution in [0.1, 0.15) is 46.3 Å². The number of rotatable bonds is 9. The van der Waals surface area contributed by atoms with Crippen molar-refractivity contribution in [2.24, 2.45) is 0 Å². The molecule has 0 spiro atoms. The van der Waals surface area contributed by atoms with Crippen LogP contribution in [0.25, 0.3) is 0 Å². The summed E-state index contributed by atoms with van der Waals surface area (Å²) in [6, 6.07) is 13.2. The van der Waals surface area contributed by atoms with E-state index in [1.807, 2.05) is 24.3 Å². The molecular formula is C22H27NO3. The number of carbonyl (C=O) groups excluding carboxylic acids is 2. The molecule has 0 unspecified atom stereocenters. The molecule has 1 N–H and O–H groups in total. The Balaban J connectivity index is 1.64. The third-order valence-corrected chi connectivity index (χ3v) is 4.34. The number of aryl methyl sites for hydroxylation is 2. The van der Waals surface area contributed by atoms with Crippen LogP contribution in [0.5, 0.6) is 5.75 Å². The van der Waals surface area contributed by atoms with Crippen molar-refractivity contribution in [1.29, 1.82) is 0 Å². The van der Waals surface area contributed by atoms with Crippen molar-refractivity contribution in [1.82, 2.24) is 5.32 Å². The molecule has 2 rings (SSSR count). The van der Waals surface area contributed by atoms with Crippen LogP contribution in [0.2, 0.25) is 0 Å². The predicted octanol–water partition coefficient (Wildman–Crippen LogP) is 4.16. The minimum absolute atomic E-state index is 0.00521. The van der Waals surface area contributed by atoms with Gasteiger partial charge in [-0.1, -0.05) is 36.4 Å². The number of ether oxygens (including phenoxy) is 1. The Morgan fingerprint density at radius 3 is 2.46 bits per heavy atom. The van der Waals surface area contributed by atoms with Crippen molar-refractivity contribution < 1.29 is 14.3 Å². The molecule has 26 heavy (non-hydrogen) atoms. The molecule has 0 saturated carbocycles. The smallest absolute Gasteiger partial charge is 0.220 e. The summed E-state index contributed by atoms with van der Waals surface area (Å²) in [5.41, 5.74) is 4.20. The molecule has 0 atom stereocenters. The maximum atomic E-state index is 12.0. The van der Waals surface area contributed by atoms with Crippen molar-refractivity contribution in [3.05, 3.63) is 64.7 Å². The van der Waals surface area contributed by atoms with Gasteiger partial charge in [0.25, 0.3) is 0 Å². The Kier molecular flexibility index (Phi) is 7.39.